The second-order valence-electron chi connectivity index (χ2n) is 10.2. The molecule has 3 N–H and O–H groups in total. The Balaban J connectivity index is 1.68. The van der Waals surface area contributed by atoms with Crippen LogP contribution in [0.25, 0.3) is 0 Å². The Morgan fingerprint density at radius 2 is 1.62 bits per heavy atom. The first-order chi connectivity index (χ1) is 18.3. The van der Waals surface area contributed by atoms with Crippen LogP contribution in [-0.2, 0) is 20.2 Å². The van der Waals surface area contributed by atoms with Crippen molar-refractivity contribution in [3.8, 4) is 5.75 Å². The molecule has 39 heavy (non-hydrogen) atoms. The molecule has 1 aliphatic rings. The normalized spacial score (nSPS) is 14.1. The van der Waals surface area contributed by atoms with E-state index in [4.69, 9.17) is 0 Å². The summed E-state index contributed by atoms with van der Waals surface area (Å²) < 4.78 is 26.2. The number of hydrogen-bond donors (Lipinski definition) is 3. The average molecular weight is 551 g/mol. The number of hydrogen-bond acceptors (Lipinski definition) is 6. The van der Waals surface area contributed by atoms with E-state index < -0.39 is 33.3 Å². The minimum absolute atomic E-state index is 0.110. The zero-order chi connectivity index (χ0) is 28.5. The Morgan fingerprint density at radius 1 is 1.00 bits per heavy atom. The highest BCUT2D eigenvalue weighted by atomic mass is 32.2. The number of benzene rings is 3. The number of sulfonamides is 1. The first-order valence-electron chi connectivity index (χ1n) is 12.2. The molecule has 10 nitrogen and oxygen atoms in total. The zero-order valence-electron chi connectivity index (χ0n) is 22.1. The summed E-state index contributed by atoms with van der Waals surface area (Å²) >= 11 is 0. The highest BCUT2D eigenvalue weighted by Gasteiger charge is 2.31. The molecule has 3 aromatic carbocycles. The lowest BCUT2D eigenvalue weighted by Crippen LogP contribution is -2.50. The van der Waals surface area contributed by atoms with Gasteiger partial charge in [-0.2, -0.15) is 0 Å². The third kappa shape index (κ3) is 5.88. The summed E-state index contributed by atoms with van der Waals surface area (Å²) in [5, 5.41) is 16.3. The second kappa shape index (κ2) is 10.4. The molecule has 4 rings (SSSR count). The molecule has 1 saturated heterocycles. The summed E-state index contributed by atoms with van der Waals surface area (Å²) in [6, 6.07) is 17.0. The van der Waals surface area contributed by atoms with E-state index in [1.165, 1.54) is 16.4 Å². The van der Waals surface area contributed by atoms with E-state index in [-0.39, 0.29) is 30.0 Å². The largest absolute Gasteiger partial charge is 0.507 e. The highest BCUT2D eigenvalue weighted by Crippen LogP contribution is 2.38. The highest BCUT2D eigenvalue weighted by molar-refractivity contribution is 7.92. The van der Waals surface area contributed by atoms with E-state index in [0.29, 0.717) is 22.6 Å². The van der Waals surface area contributed by atoms with Crippen molar-refractivity contribution in [1.82, 2.24) is 5.32 Å². The number of para-hydroxylation sites is 1. The van der Waals surface area contributed by atoms with Gasteiger partial charge in [-0.25, -0.2) is 22.4 Å². The van der Waals surface area contributed by atoms with Gasteiger partial charge in [-0.15, -0.1) is 0 Å². The molecule has 204 valence electrons. The van der Waals surface area contributed by atoms with Gasteiger partial charge in [0, 0.05) is 24.2 Å². The zero-order valence-corrected chi connectivity index (χ0v) is 22.9. The van der Waals surface area contributed by atoms with E-state index in [1.54, 1.807) is 54.6 Å². The van der Waals surface area contributed by atoms with Crippen LogP contribution in [-0.4, -0.2) is 44.2 Å². The van der Waals surface area contributed by atoms with Crippen LogP contribution < -0.4 is 19.8 Å². The maximum Gasteiger partial charge on any atom is 0.328 e. The van der Waals surface area contributed by atoms with Crippen LogP contribution in [0.4, 0.5) is 27.5 Å². The number of carbonyl (C=O) groups is 3. The van der Waals surface area contributed by atoms with Gasteiger partial charge in [-0.1, -0.05) is 39.0 Å². The molecule has 3 aromatic rings. The van der Waals surface area contributed by atoms with E-state index in [0.717, 1.165) is 11.2 Å². The van der Waals surface area contributed by atoms with E-state index >= 15 is 0 Å². The standard InChI is InChI=1S/C28H30N4O6S/c1-28(2,3)23-17-21(31-24(33)14-15-29-27(31)36)16-22(25(23)34)26(35)30-18-10-12-20(13-11-18)32(39(4,37)38)19-8-6-5-7-9-19/h5-13,16-17,34H,14-15H2,1-4H3,(H,29,36)(H,30,35). The van der Waals surface area contributed by atoms with Crippen molar-refractivity contribution in [2.45, 2.75) is 32.6 Å². The molecule has 0 spiro atoms. The van der Waals surface area contributed by atoms with Gasteiger partial charge in [0.1, 0.15) is 5.75 Å². The minimum Gasteiger partial charge on any atom is -0.507 e. The van der Waals surface area contributed by atoms with Crippen molar-refractivity contribution in [2.75, 3.05) is 27.3 Å². The molecule has 1 fully saturated rings. The van der Waals surface area contributed by atoms with Gasteiger partial charge in [-0.3, -0.25) is 9.59 Å². The molecule has 0 unspecified atom stereocenters. The van der Waals surface area contributed by atoms with Crippen LogP contribution in [0.5, 0.6) is 5.75 Å². The number of anilines is 4. The van der Waals surface area contributed by atoms with Crippen LogP contribution in [0.2, 0.25) is 0 Å². The van der Waals surface area contributed by atoms with Crippen molar-refractivity contribution in [1.29, 1.82) is 0 Å². The Bertz CT molecular complexity index is 1510. The lowest BCUT2D eigenvalue weighted by Gasteiger charge is -2.29. The molecule has 0 bridgehead atoms. The minimum atomic E-state index is -3.65. The van der Waals surface area contributed by atoms with Gasteiger partial charge < -0.3 is 15.7 Å². The number of imide groups is 1. The molecule has 11 heteroatoms. The summed E-state index contributed by atoms with van der Waals surface area (Å²) in [4.78, 5) is 39.3. The Morgan fingerprint density at radius 3 is 2.18 bits per heavy atom. The monoisotopic (exact) mass is 550 g/mol. The van der Waals surface area contributed by atoms with Crippen molar-refractivity contribution < 1.29 is 27.9 Å². The average Bonchev–Trinajstić information content (AvgIpc) is 2.85. The third-order valence-electron chi connectivity index (χ3n) is 6.16. The summed E-state index contributed by atoms with van der Waals surface area (Å²) in [5.74, 6) is -1.35. The van der Waals surface area contributed by atoms with Crippen LogP contribution in [0, 0.1) is 0 Å². The van der Waals surface area contributed by atoms with E-state index in [9.17, 15) is 27.9 Å². The summed E-state index contributed by atoms with van der Waals surface area (Å²) in [7, 11) is -3.65. The number of nitrogens with one attached hydrogen (secondary N) is 2. The van der Waals surface area contributed by atoms with Gasteiger partial charge in [0.15, 0.2) is 0 Å². The fourth-order valence-corrected chi connectivity index (χ4v) is 5.32. The molecule has 0 radical (unpaired) electrons. The molecule has 4 amide bonds. The number of carbonyl (C=O) groups excluding carboxylic acids is 3. The van der Waals surface area contributed by atoms with Gasteiger partial charge in [0.05, 0.1) is 28.9 Å². The second-order valence-corrected chi connectivity index (χ2v) is 12.0. The first kappa shape index (κ1) is 27.6. The number of nitrogens with zero attached hydrogens (tertiary/aromatic N) is 2. The van der Waals surface area contributed by atoms with Gasteiger partial charge >= 0.3 is 6.03 Å². The molecule has 0 aromatic heterocycles. The summed E-state index contributed by atoms with van der Waals surface area (Å²) in [6.45, 7) is 5.74. The van der Waals surface area contributed by atoms with Crippen LogP contribution in [0.15, 0.2) is 66.7 Å². The van der Waals surface area contributed by atoms with Crippen LogP contribution in [0.3, 0.4) is 0 Å². The predicted molar refractivity (Wildman–Crippen MR) is 150 cm³/mol. The van der Waals surface area contributed by atoms with E-state index in [1.807, 2.05) is 20.8 Å². The summed E-state index contributed by atoms with van der Waals surface area (Å²) in [5.41, 5.74) is 1.01. The molecule has 0 aliphatic carbocycles. The molecule has 1 heterocycles. The third-order valence-corrected chi connectivity index (χ3v) is 7.24. The van der Waals surface area contributed by atoms with Gasteiger partial charge in [0.2, 0.25) is 15.9 Å². The number of rotatable bonds is 6. The smallest absolute Gasteiger partial charge is 0.328 e. The van der Waals surface area contributed by atoms with Crippen LogP contribution >= 0.6 is 0 Å². The van der Waals surface area contributed by atoms with Gasteiger partial charge in [0.25, 0.3) is 5.91 Å². The molecule has 0 saturated carbocycles. The number of phenols is 1. The van der Waals surface area contributed by atoms with Crippen molar-refractivity contribution in [2.24, 2.45) is 0 Å². The predicted octanol–water partition coefficient (Wildman–Crippen LogP) is 4.49. The fraction of sp³-hybridized carbons (Fsp3) is 0.250. The lowest BCUT2D eigenvalue weighted by molar-refractivity contribution is -0.118. The quantitative estimate of drug-likeness (QED) is 0.414. The number of aromatic hydroxyl groups is 1. The van der Waals surface area contributed by atoms with Gasteiger partial charge in [-0.05, 0) is 53.9 Å². The molecule has 1 aliphatic heterocycles. The van der Waals surface area contributed by atoms with Crippen molar-refractivity contribution in [3.05, 3.63) is 77.9 Å². The number of urea groups is 1. The topological polar surface area (TPSA) is 136 Å². The Hall–Kier alpha value is -4.38. The molecular weight excluding hydrogens is 520 g/mol. The number of amides is 4. The number of phenolic OH excluding ortho intramolecular Hbond substituents is 1. The first-order valence-corrected chi connectivity index (χ1v) is 14.1. The fourth-order valence-electron chi connectivity index (χ4n) is 4.31. The SMILES string of the molecule is CC(C)(C)c1cc(N2C(=O)CCNC2=O)cc(C(=O)Nc2ccc(N(c3ccccc3)S(C)(=O)=O)cc2)c1O. The molecular formula is C28H30N4O6S. The Labute approximate surface area is 227 Å². The van der Waals surface area contributed by atoms with Crippen molar-refractivity contribution in [3.63, 3.8) is 0 Å². The Kier molecular flexibility index (Phi) is 7.38. The lowest BCUT2D eigenvalue weighted by atomic mass is 9.84. The van der Waals surface area contributed by atoms with Crippen LogP contribution in [0.1, 0.15) is 43.1 Å². The van der Waals surface area contributed by atoms with E-state index in [2.05, 4.69) is 10.6 Å². The summed E-state index contributed by atoms with van der Waals surface area (Å²) in [6.07, 6.45) is 1.21. The van der Waals surface area contributed by atoms with Crippen molar-refractivity contribution >= 4 is 50.6 Å². The maximum absolute atomic E-state index is 13.3. The molecule has 0 atom stereocenters. The maximum atomic E-state index is 13.3.